The van der Waals surface area contributed by atoms with Gasteiger partial charge in [-0.25, -0.2) is 0 Å². The van der Waals surface area contributed by atoms with E-state index in [-0.39, 0.29) is 21.5 Å². The van der Waals surface area contributed by atoms with Gasteiger partial charge in [-0.3, -0.25) is 19.3 Å². The first-order valence-electron chi connectivity index (χ1n) is 9.40. The largest absolute Gasteiger partial charge is 0.507 e. The molecule has 33 heavy (non-hydrogen) atoms. The molecule has 1 aliphatic heterocycles. The van der Waals surface area contributed by atoms with E-state index in [9.17, 15) is 14.7 Å². The quantitative estimate of drug-likeness (QED) is 0.295. The number of Topliss-reactive ketones (excluding diaryl/α,β-unsaturated/α-hetero) is 1. The lowest BCUT2D eigenvalue weighted by molar-refractivity contribution is -0.134. The number of halogens is 2. The number of rotatable bonds is 3. The van der Waals surface area contributed by atoms with Crippen LogP contribution in [0.1, 0.15) is 29.7 Å². The van der Waals surface area contributed by atoms with Crippen LogP contribution in [-0.2, 0) is 14.4 Å². The van der Waals surface area contributed by atoms with Crippen LogP contribution in [0.4, 0.5) is 5.13 Å². The van der Waals surface area contributed by atoms with Gasteiger partial charge >= 0.3 is 5.91 Å². The highest BCUT2D eigenvalue weighted by atomic mass is 35.5. The molecule has 0 spiro atoms. The van der Waals surface area contributed by atoms with Crippen molar-refractivity contribution in [1.29, 1.82) is 0 Å². The summed E-state index contributed by atoms with van der Waals surface area (Å²) in [5.41, 5.74) is 3.24. The standard InChI is InChI=1S/C20H13Cl2N3O3S.C2H4O2/c1-10-2-4-11(5-3-10)17(26)15-16(13-7-6-12(21)8-14(13)22)25(19(28)18(15)27)20-24-23-9-29-20;1-2(3)4/h2-9,16,26H,1H3;1H3,(H,3,4)/b17-15+;. The highest BCUT2D eigenvalue weighted by molar-refractivity contribution is 7.13. The van der Waals surface area contributed by atoms with E-state index in [1.807, 2.05) is 6.92 Å². The minimum absolute atomic E-state index is 0.0710. The number of amides is 1. The fourth-order valence-electron chi connectivity index (χ4n) is 3.19. The van der Waals surface area contributed by atoms with Crippen LogP contribution in [0.15, 0.2) is 53.5 Å². The summed E-state index contributed by atoms with van der Waals surface area (Å²) in [4.78, 5) is 36.0. The first-order chi connectivity index (χ1) is 15.6. The summed E-state index contributed by atoms with van der Waals surface area (Å²) in [6.07, 6.45) is 0. The second-order valence-electron chi connectivity index (χ2n) is 6.94. The smallest absolute Gasteiger partial charge is 0.301 e. The third kappa shape index (κ3) is 5.22. The number of hydrogen-bond acceptors (Lipinski definition) is 7. The zero-order valence-electron chi connectivity index (χ0n) is 17.3. The van der Waals surface area contributed by atoms with E-state index in [0.717, 1.165) is 23.8 Å². The van der Waals surface area contributed by atoms with Gasteiger partial charge in [0.1, 0.15) is 11.3 Å². The van der Waals surface area contributed by atoms with Gasteiger partial charge in [0, 0.05) is 22.5 Å². The molecule has 3 aromatic rings. The molecule has 0 aliphatic carbocycles. The summed E-state index contributed by atoms with van der Waals surface area (Å²) in [6.45, 7) is 2.99. The molecule has 1 amide bonds. The summed E-state index contributed by atoms with van der Waals surface area (Å²) in [5, 5.41) is 27.0. The van der Waals surface area contributed by atoms with Gasteiger partial charge in [-0.15, -0.1) is 10.2 Å². The third-order valence-corrected chi connectivity index (χ3v) is 5.83. The zero-order chi connectivity index (χ0) is 24.3. The molecule has 2 aromatic carbocycles. The molecule has 1 fully saturated rings. The number of aliphatic carboxylic acids is 1. The minimum atomic E-state index is -0.964. The van der Waals surface area contributed by atoms with Crippen molar-refractivity contribution in [3.8, 4) is 0 Å². The predicted octanol–water partition coefficient (Wildman–Crippen LogP) is 4.87. The Hall–Kier alpha value is -3.27. The number of aromatic nitrogens is 2. The molecule has 4 rings (SSSR count). The number of aliphatic hydroxyl groups excluding tert-OH is 1. The molecule has 0 saturated carbocycles. The van der Waals surface area contributed by atoms with Crippen molar-refractivity contribution in [1.82, 2.24) is 10.2 Å². The first-order valence-corrected chi connectivity index (χ1v) is 11.0. The van der Waals surface area contributed by atoms with Crippen LogP contribution in [-0.4, -0.2) is 38.1 Å². The van der Waals surface area contributed by atoms with Crippen molar-refractivity contribution in [2.45, 2.75) is 19.9 Å². The Morgan fingerprint density at radius 3 is 2.27 bits per heavy atom. The molecular weight excluding hydrogens is 489 g/mol. The van der Waals surface area contributed by atoms with Crippen molar-refractivity contribution in [3.63, 3.8) is 0 Å². The van der Waals surface area contributed by atoms with E-state index < -0.39 is 23.7 Å². The molecule has 11 heteroatoms. The van der Waals surface area contributed by atoms with Crippen molar-refractivity contribution in [2.24, 2.45) is 0 Å². The molecular formula is C22H17Cl2N3O5S. The number of carbonyl (C=O) groups excluding carboxylic acids is 2. The number of aliphatic hydroxyl groups is 1. The van der Waals surface area contributed by atoms with Gasteiger partial charge in [-0.2, -0.15) is 0 Å². The third-order valence-electron chi connectivity index (χ3n) is 4.58. The zero-order valence-corrected chi connectivity index (χ0v) is 19.6. The molecule has 1 unspecified atom stereocenters. The highest BCUT2D eigenvalue weighted by Crippen LogP contribution is 2.44. The SMILES string of the molecule is CC(=O)O.Cc1ccc(/C(O)=C2\C(=O)C(=O)N(c3nncs3)C2c2ccc(Cl)cc2Cl)cc1. The molecule has 1 atom stereocenters. The number of hydrogen-bond donors (Lipinski definition) is 2. The van der Waals surface area contributed by atoms with Gasteiger partial charge in [-0.1, -0.05) is 70.4 Å². The number of nitrogens with zero attached hydrogens (tertiary/aromatic N) is 3. The monoisotopic (exact) mass is 505 g/mol. The Morgan fingerprint density at radius 1 is 1.09 bits per heavy atom. The van der Waals surface area contributed by atoms with Crippen molar-refractivity contribution in [2.75, 3.05) is 4.90 Å². The first kappa shape index (κ1) is 24.4. The highest BCUT2D eigenvalue weighted by Gasteiger charge is 2.48. The number of ketones is 1. The second-order valence-corrected chi connectivity index (χ2v) is 8.60. The summed E-state index contributed by atoms with van der Waals surface area (Å²) in [6, 6.07) is 10.8. The fourth-order valence-corrected chi connectivity index (χ4v) is 4.28. The molecule has 1 aliphatic rings. The molecule has 0 radical (unpaired) electrons. The molecule has 2 N–H and O–H groups in total. The summed E-state index contributed by atoms with van der Waals surface area (Å²) < 4.78 is 0. The van der Waals surface area contributed by atoms with Crippen molar-refractivity contribution in [3.05, 3.63) is 80.3 Å². The Bertz CT molecular complexity index is 1240. The topological polar surface area (TPSA) is 121 Å². The maximum absolute atomic E-state index is 12.9. The normalized spacial score (nSPS) is 17.0. The van der Waals surface area contributed by atoms with E-state index >= 15 is 0 Å². The second kappa shape index (κ2) is 10.1. The molecule has 0 bridgehead atoms. The Balaban J connectivity index is 0.000000709. The lowest BCUT2D eigenvalue weighted by atomic mass is 9.95. The number of benzene rings is 2. The maximum Gasteiger partial charge on any atom is 0.301 e. The maximum atomic E-state index is 12.9. The molecule has 8 nitrogen and oxygen atoms in total. The number of aryl methyl sites for hydroxylation is 1. The van der Waals surface area contributed by atoms with Gasteiger partial charge in [0.2, 0.25) is 5.13 Å². The van der Waals surface area contributed by atoms with Crippen LogP contribution in [0, 0.1) is 6.92 Å². The van der Waals surface area contributed by atoms with Gasteiger partial charge < -0.3 is 10.2 Å². The molecule has 1 aromatic heterocycles. The van der Waals surface area contributed by atoms with Crippen LogP contribution >= 0.6 is 34.5 Å². The number of carboxylic acids is 1. The van der Waals surface area contributed by atoms with E-state index in [1.54, 1.807) is 36.4 Å². The average Bonchev–Trinajstić information content (AvgIpc) is 3.35. The van der Waals surface area contributed by atoms with Gasteiger partial charge in [0.05, 0.1) is 11.6 Å². The Labute approximate surface area is 202 Å². The number of anilines is 1. The van der Waals surface area contributed by atoms with Crippen LogP contribution in [0.25, 0.3) is 5.76 Å². The lowest BCUT2D eigenvalue weighted by Crippen LogP contribution is -2.29. The van der Waals surface area contributed by atoms with Gasteiger partial charge in [0.25, 0.3) is 11.8 Å². The van der Waals surface area contributed by atoms with Crippen LogP contribution < -0.4 is 4.90 Å². The molecule has 170 valence electrons. The van der Waals surface area contributed by atoms with E-state index in [0.29, 0.717) is 16.1 Å². The lowest BCUT2D eigenvalue weighted by Gasteiger charge is -2.23. The van der Waals surface area contributed by atoms with Crippen LogP contribution in [0.3, 0.4) is 0 Å². The van der Waals surface area contributed by atoms with Gasteiger partial charge in [0.15, 0.2) is 0 Å². The molecule has 2 heterocycles. The van der Waals surface area contributed by atoms with Crippen LogP contribution in [0.5, 0.6) is 0 Å². The van der Waals surface area contributed by atoms with Crippen LogP contribution in [0.2, 0.25) is 10.0 Å². The number of carbonyl (C=O) groups is 3. The van der Waals surface area contributed by atoms with E-state index in [2.05, 4.69) is 10.2 Å². The van der Waals surface area contributed by atoms with Gasteiger partial charge in [-0.05, 0) is 24.6 Å². The number of carboxylic acid groups (broad SMARTS) is 1. The summed E-state index contributed by atoms with van der Waals surface area (Å²) in [5.74, 6) is -2.76. The van der Waals surface area contributed by atoms with E-state index in [4.69, 9.17) is 33.1 Å². The Morgan fingerprint density at radius 2 is 1.73 bits per heavy atom. The minimum Gasteiger partial charge on any atom is -0.507 e. The average molecular weight is 506 g/mol. The Kier molecular flexibility index (Phi) is 7.47. The van der Waals surface area contributed by atoms with E-state index in [1.165, 1.54) is 16.5 Å². The summed E-state index contributed by atoms with van der Waals surface area (Å²) in [7, 11) is 0. The molecule has 1 saturated heterocycles. The van der Waals surface area contributed by atoms with Crippen molar-refractivity contribution < 1.29 is 24.6 Å². The predicted molar refractivity (Wildman–Crippen MR) is 126 cm³/mol. The fraction of sp³-hybridized carbons (Fsp3) is 0.136. The van der Waals surface area contributed by atoms with Crippen molar-refractivity contribution >= 4 is 63.1 Å². The summed E-state index contributed by atoms with van der Waals surface area (Å²) >= 11 is 13.5.